The predicted octanol–water partition coefficient (Wildman–Crippen LogP) is 3.25. The first-order chi connectivity index (χ1) is 12.1. The molecule has 130 valence electrons. The summed E-state index contributed by atoms with van der Waals surface area (Å²) in [5.41, 5.74) is 1.20. The van der Waals surface area contributed by atoms with Crippen molar-refractivity contribution >= 4 is 38.9 Å². The van der Waals surface area contributed by atoms with E-state index < -0.39 is 0 Å². The van der Waals surface area contributed by atoms with Crippen molar-refractivity contribution in [2.45, 2.75) is 6.54 Å². The Bertz CT molecular complexity index is 911. The Kier molecular flexibility index (Phi) is 4.50. The maximum atomic E-state index is 12.9. The van der Waals surface area contributed by atoms with Crippen LogP contribution in [0.4, 0.5) is 0 Å². The van der Waals surface area contributed by atoms with Gasteiger partial charge in [-0.3, -0.25) is 14.4 Å². The van der Waals surface area contributed by atoms with Crippen molar-refractivity contribution in [2.24, 2.45) is 7.05 Å². The first kappa shape index (κ1) is 16.6. The lowest BCUT2D eigenvalue weighted by molar-refractivity contribution is 0.0633. The monoisotopic (exact) mass is 374 g/mol. The summed E-state index contributed by atoms with van der Waals surface area (Å²) < 4.78 is 2.88. The van der Waals surface area contributed by atoms with Gasteiger partial charge in [0.05, 0.1) is 11.2 Å². The van der Waals surface area contributed by atoms with Crippen LogP contribution in [0.5, 0.6) is 0 Å². The Balaban J connectivity index is 1.43. The van der Waals surface area contributed by atoms with Crippen molar-refractivity contribution in [1.82, 2.24) is 19.6 Å². The molecular weight excluding hydrogens is 356 g/mol. The molecule has 0 bridgehead atoms. The number of aromatic nitrogens is 2. The number of halogens is 1. The van der Waals surface area contributed by atoms with Crippen molar-refractivity contribution in [2.75, 3.05) is 26.2 Å². The number of hydrogen-bond donors (Lipinski definition) is 0. The van der Waals surface area contributed by atoms with Crippen molar-refractivity contribution in [3.05, 3.63) is 52.1 Å². The summed E-state index contributed by atoms with van der Waals surface area (Å²) in [7, 11) is 1.93. The topological polar surface area (TPSA) is 41.4 Å². The number of rotatable bonds is 3. The minimum Gasteiger partial charge on any atom is -0.335 e. The van der Waals surface area contributed by atoms with Gasteiger partial charge in [-0.25, -0.2) is 0 Å². The van der Waals surface area contributed by atoms with Crippen LogP contribution < -0.4 is 0 Å². The third kappa shape index (κ3) is 3.29. The molecule has 0 N–H and O–H groups in total. The van der Waals surface area contributed by atoms with Gasteiger partial charge in [0.25, 0.3) is 5.91 Å². The molecule has 1 aromatic carbocycles. The van der Waals surface area contributed by atoms with Crippen LogP contribution in [-0.4, -0.2) is 51.7 Å². The van der Waals surface area contributed by atoms with Crippen molar-refractivity contribution in [3.63, 3.8) is 0 Å². The smallest absolute Gasteiger partial charge is 0.265 e. The minimum absolute atomic E-state index is 0.0484. The largest absolute Gasteiger partial charge is 0.335 e. The second kappa shape index (κ2) is 6.78. The molecule has 2 aromatic heterocycles. The molecule has 7 heteroatoms. The number of piperazine rings is 1. The lowest BCUT2D eigenvalue weighted by Gasteiger charge is -2.34. The van der Waals surface area contributed by atoms with E-state index in [1.807, 2.05) is 53.3 Å². The number of nitrogens with zero attached hydrogens (tertiary/aromatic N) is 4. The SMILES string of the molecule is Cn1cc(CN2CCN(C(=O)c3sc4ccccc4c3Cl)CC2)cn1. The summed E-state index contributed by atoms with van der Waals surface area (Å²) in [6.07, 6.45) is 3.93. The third-order valence-corrected chi connectivity index (χ3v) is 6.22. The number of aryl methyl sites for hydroxylation is 1. The fraction of sp³-hybridized carbons (Fsp3) is 0.333. The Morgan fingerprint density at radius 3 is 2.68 bits per heavy atom. The van der Waals surface area contributed by atoms with E-state index in [1.54, 1.807) is 0 Å². The fourth-order valence-electron chi connectivity index (χ4n) is 3.22. The lowest BCUT2D eigenvalue weighted by Crippen LogP contribution is -2.48. The first-order valence-corrected chi connectivity index (χ1v) is 9.47. The zero-order chi connectivity index (χ0) is 17.4. The molecular formula is C18H19ClN4OS. The molecule has 1 fully saturated rings. The van der Waals surface area contributed by atoms with E-state index in [2.05, 4.69) is 10.00 Å². The molecule has 3 heterocycles. The van der Waals surface area contributed by atoms with Crippen molar-refractivity contribution in [3.8, 4) is 0 Å². The van der Waals surface area contributed by atoms with Crippen LogP contribution in [0.25, 0.3) is 10.1 Å². The lowest BCUT2D eigenvalue weighted by atomic mass is 10.2. The minimum atomic E-state index is 0.0484. The molecule has 0 spiro atoms. The van der Waals surface area contributed by atoms with E-state index in [4.69, 9.17) is 11.6 Å². The average Bonchev–Trinajstić information content (AvgIpc) is 3.19. The molecule has 1 aliphatic heterocycles. The number of amides is 1. The molecule has 4 rings (SSSR count). The van der Waals surface area contributed by atoms with Crippen LogP contribution >= 0.6 is 22.9 Å². The highest BCUT2D eigenvalue weighted by Crippen LogP contribution is 2.36. The van der Waals surface area contributed by atoms with E-state index in [9.17, 15) is 4.79 Å². The molecule has 3 aromatic rings. The highest BCUT2D eigenvalue weighted by Gasteiger charge is 2.26. The van der Waals surface area contributed by atoms with Gasteiger partial charge in [-0.05, 0) is 6.07 Å². The number of hydrogen-bond acceptors (Lipinski definition) is 4. The van der Waals surface area contributed by atoms with Gasteiger partial charge in [0.2, 0.25) is 0 Å². The summed E-state index contributed by atoms with van der Waals surface area (Å²) in [4.78, 5) is 17.8. The maximum absolute atomic E-state index is 12.9. The fourth-order valence-corrected chi connectivity index (χ4v) is 4.70. The van der Waals surface area contributed by atoms with Gasteiger partial charge in [0.15, 0.2) is 0 Å². The number of thiophene rings is 1. The van der Waals surface area contributed by atoms with E-state index in [0.717, 1.165) is 42.8 Å². The molecule has 25 heavy (non-hydrogen) atoms. The van der Waals surface area contributed by atoms with Gasteiger partial charge in [-0.2, -0.15) is 5.10 Å². The summed E-state index contributed by atoms with van der Waals surface area (Å²) in [6, 6.07) is 7.90. The van der Waals surface area contributed by atoms with Crippen LogP contribution in [0, 0.1) is 0 Å². The Labute approximate surface area is 155 Å². The molecule has 0 unspecified atom stereocenters. The molecule has 0 saturated carbocycles. The van der Waals surface area contributed by atoms with Crippen LogP contribution in [-0.2, 0) is 13.6 Å². The first-order valence-electron chi connectivity index (χ1n) is 8.28. The highest BCUT2D eigenvalue weighted by molar-refractivity contribution is 7.21. The Morgan fingerprint density at radius 2 is 2.00 bits per heavy atom. The zero-order valence-corrected chi connectivity index (χ0v) is 15.6. The molecule has 0 aliphatic carbocycles. The second-order valence-corrected chi connectivity index (χ2v) is 7.76. The molecule has 0 radical (unpaired) electrons. The van der Waals surface area contributed by atoms with Crippen molar-refractivity contribution in [1.29, 1.82) is 0 Å². The van der Waals surface area contributed by atoms with Gasteiger partial charge < -0.3 is 4.90 Å². The molecule has 1 aliphatic rings. The van der Waals surface area contributed by atoms with Crippen LogP contribution in [0.2, 0.25) is 5.02 Å². The standard InChI is InChI=1S/C18H19ClN4OS/c1-21-11-13(10-20-21)12-22-6-8-23(9-7-22)18(24)17-16(19)14-4-2-3-5-15(14)25-17/h2-5,10-11H,6-9,12H2,1H3. The molecule has 0 atom stereocenters. The zero-order valence-electron chi connectivity index (χ0n) is 14.0. The van der Waals surface area contributed by atoms with Gasteiger partial charge in [-0.1, -0.05) is 29.8 Å². The summed E-state index contributed by atoms with van der Waals surface area (Å²) >= 11 is 7.94. The second-order valence-electron chi connectivity index (χ2n) is 6.33. The maximum Gasteiger partial charge on any atom is 0.265 e. The van der Waals surface area contributed by atoms with Gasteiger partial charge in [-0.15, -0.1) is 11.3 Å². The highest BCUT2D eigenvalue weighted by atomic mass is 35.5. The van der Waals surface area contributed by atoms with Gasteiger partial charge in [0.1, 0.15) is 4.88 Å². The summed E-state index contributed by atoms with van der Waals surface area (Å²) in [6.45, 7) is 4.05. The van der Waals surface area contributed by atoms with Gasteiger partial charge >= 0.3 is 0 Å². The van der Waals surface area contributed by atoms with Crippen LogP contribution in [0.1, 0.15) is 15.2 Å². The van der Waals surface area contributed by atoms with E-state index >= 15 is 0 Å². The quantitative estimate of drug-likeness (QED) is 0.706. The molecule has 5 nitrogen and oxygen atoms in total. The van der Waals surface area contributed by atoms with E-state index in [0.29, 0.717) is 9.90 Å². The summed E-state index contributed by atoms with van der Waals surface area (Å²) in [5.74, 6) is 0.0484. The molecule has 1 amide bonds. The average molecular weight is 375 g/mol. The predicted molar refractivity (Wildman–Crippen MR) is 101 cm³/mol. The normalized spacial score (nSPS) is 15.8. The molecule has 1 saturated heterocycles. The Hall–Kier alpha value is -1.89. The number of carbonyl (C=O) groups excluding carboxylic acids is 1. The van der Waals surface area contributed by atoms with E-state index in [1.165, 1.54) is 16.9 Å². The summed E-state index contributed by atoms with van der Waals surface area (Å²) in [5, 5.41) is 5.76. The Morgan fingerprint density at radius 1 is 1.24 bits per heavy atom. The third-order valence-electron chi connectivity index (χ3n) is 4.55. The van der Waals surface area contributed by atoms with E-state index in [-0.39, 0.29) is 5.91 Å². The number of benzene rings is 1. The number of fused-ring (bicyclic) bond motifs is 1. The van der Waals surface area contributed by atoms with Crippen molar-refractivity contribution < 1.29 is 4.79 Å². The number of carbonyl (C=O) groups is 1. The van der Waals surface area contributed by atoms with Gasteiger partial charge in [0, 0.05) is 61.6 Å². The van der Waals surface area contributed by atoms with Crippen LogP contribution in [0.15, 0.2) is 36.7 Å². The van der Waals surface area contributed by atoms with Crippen LogP contribution in [0.3, 0.4) is 0 Å².